The number of nitrogens with one attached hydrogen (secondary N) is 2. The lowest BCUT2D eigenvalue weighted by Crippen LogP contribution is -2.48. The molecule has 1 aliphatic rings. The summed E-state index contributed by atoms with van der Waals surface area (Å²) in [6, 6.07) is 16.0. The first-order valence-corrected chi connectivity index (χ1v) is 11.1. The molecule has 1 amide bonds. The number of rotatable bonds is 7. The van der Waals surface area contributed by atoms with E-state index in [1.807, 2.05) is 42.8 Å². The number of anilines is 1. The van der Waals surface area contributed by atoms with Crippen LogP contribution in [0.2, 0.25) is 5.02 Å². The molecule has 1 aliphatic carbocycles. The normalized spacial score (nSPS) is 16.0. The Kier molecular flexibility index (Phi) is 5.30. The highest BCUT2D eigenvalue weighted by atomic mass is 35.5. The van der Waals surface area contributed by atoms with Gasteiger partial charge >= 0.3 is 0 Å². The highest BCUT2D eigenvalue weighted by molar-refractivity contribution is 7.99. The molecule has 2 aromatic carbocycles. The van der Waals surface area contributed by atoms with Crippen molar-refractivity contribution in [3.63, 3.8) is 0 Å². The molecule has 1 saturated carbocycles. The van der Waals surface area contributed by atoms with Gasteiger partial charge in [-0.05, 0) is 48.2 Å². The lowest BCUT2D eigenvalue weighted by Gasteiger charge is -2.35. The van der Waals surface area contributed by atoms with Crippen LogP contribution < -0.4 is 10.0 Å². The molecule has 4 rings (SSSR count). The third-order valence-electron chi connectivity index (χ3n) is 5.56. The maximum atomic E-state index is 13.5. The highest BCUT2D eigenvalue weighted by Gasteiger charge is 2.46. The molecule has 146 valence electrons. The predicted octanol–water partition coefficient (Wildman–Crippen LogP) is 5.27. The lowest BCUT2D eigenvalue weighted by atomic mass is 9.83. The Morgan fingerprint density at radius 1 is 1.21 bits per heavy atom. The third-order valence-corrected chi connectivity index (χ3v) is 6.24. The molecule has 1 aromatic heterocycles. The Bertz CT molecular complexity index is 997. The summed E-state index contributed by atoms with van der Waals surface area (Å²) in [6.45, 7) is 0. The van der Waals surface area contributed by atoms with Crippen molar-refractivity contribution in [1.29, 1.82) is 0 Å². The van der Waals surface area contributed by atoms with Gasteiger partial charge in [0.25, 0.3) is 5.91 Å². The largest absolute Gasteiger partial charge is 0.357 e. The van der Waals surface area contributed by atoms with E-state index in [2.05, 4.69) is 32.8 Å². The van der Waals surface area contributed by atoms with Crippen LogP contribution in [0.15, 0.2) is 54.7 Å². The average molecular weight is 414 g/mol. The summed E-state index contributed by atoms with van der Waals surface area (Å²) in [5, 5.41) is 4.71. The number of fused-ring (bicyclic) bond motifs is 1. The number of hydrogen-bond acceptors (Lipinski definition) is 3. The topological polar surface area (TPSA) is 46.1 Å². The van der Waals surface area contributed by atoms with Crippen molar-refractivity contribution in [3.8, 4) is 0 Å². The van der Waals surface area contributed by atoms with Crippen molar-refractivity contribution in [1.82, 2.24) is 9.88 Å². The van der Waals surface area contributed by atoms with Crippen LogP contribution in [0.5, 0.6) is 0 Å². The quantitative estimate of drug-likeness (QED) is 0.518. The Labute approximate surface area is 174 Å². The molecule has 0 bridgehead atoms. The summed E-state index contributed by atoms with van der Waals surface area (Å²) < 4.78 is 5.49. The molecule has 1 atom stereocenters. The smallest absolute Gasteiger partial charge is 0.250 e. The van der Waals surface area contributed by atoms with E-state index in [1.165, 1.54) is 12.8 Å². The minimum absolute atomic E-state index is 0.00227. The van der Waals surface area contributed by atoms with Gasteiger partial charge in [0, 0.05) is 29.9 Å². The second kappa shape index (κ2) is 7.72. The van der Waals surface area contributed by atoms with Gasteiger partial charge in [-0.1, -0.05) is 54.6 Å². The van der Waals surface area contributed by atoms with Crippen LogP contribution in [0.1, 0.15) is 24.8 Å². The van der Waals surface area contributed by atoms with Gasteiger partial charge in [-0.2, -0.15) is 0 Å². The molecule has 2 N–H and O–H groups in total. The van der Waals surface area contributed by atoms with E-state index in [0.717, 1.165) is 28.6 Å². The molecular formula is C22H24ClN3OS. The Hall–Kier alpha value is -2.11. The van der Waals surface area contributed by atoms with Gasteiger partial charge in [-0.25, -0.2) is 0 Å². The Morgan fingerprint density at radius 3 is 2.61 bits per heavy atom. The van der Waals surface area contributed by atoms with E-state index in [4.69, 9.17) is 11.6 Å². The molecule has 1 fully saturated rings. The van der Waals surface area contributed by atoms with Gasteiger partial charge in [0.05, 0.1) is 11.2 Å². The minimum atomic E-state index is -0.805. The van der Waals surface area contributed by atoms with Crippen molar-refractivity contribution >= 4 is 46.0 Å². The molecule has 0 spiro atoms. The number of nitrogens with zero attached hydrogens (tertiary/aromatic N) is 1. The summed E-state index contributed by atoms with van der Waals surface area (Å²) in [5.74, 6) is 0.556. The summed E-state index contributed by atoms with van der Waals surface area (Å²) in [4.78, 5) is 13.5. The number of halogens is 1. The summed E-state index contributed by atoms with van der Waals surface area (Å²) in [7, 11) is 1.71. The third kappa shape index (κ3) is 3.27. The van der Waals surface area contributed by atoms with E-state index in [-0.39, 0.29) is 5.91 Å². The fourth-order valence-corrected chi connectivity index (χ4v) is 4.58. The summed E-state index contributed by atoms with van der Waals surface area (Å²) >= 11 is 7.71. The van der Waals surface area contributed by atoms with Crippen LogP contribution in [0.25, 0.3) is 10.9 Å². The number of aromatic nitrogens is 1. The van der Waals surface area contributed by atoms with Crippen LogP contribution in [-0.4, -0.2) is 23.8 Å². The number of carbonyl (C=O) groups excluding carboxylic acids is 1. The standard InChI is InChI=1S/C22H24ClN3OS/c1-24-21(27)22(14-15-6-7-15,16-8-10-17(23)11-9-16)26-13-12-18-19(25-28-2)4-3-5-20(18)26/h3-5,8-13,15,25H,6-7,14H2,1-2H3,(H,24,27). The van der Waals surface area contributed by atoms with E-state index in [0.29, 0.717) is 10.9 Å². The fraction of sp³-hybridized carbons (Fsp3) is 0.318. The van der Waals surface area contributed by atoms with E-state index < -0.39 is 5.54 Å². The summed E-state index contributed by atoms with van der Waals surface area (Å²) in [5.41, 5.74) is 2.25. The molecule has 1 unspecified atom stereocenters. The van der Waals surface area contributed by atoms with Gasteiger partial charge in [0.1, 0.15) is 5.54 Å². The van der Waals surface area contributed by atoms with Crippen molar-refractivity contribution in [3.05, 3.63) is 65.3 Å². The molecule has 4 nitrogen and oxygen atoms in total. The first kappa shape index (κ1) is 19.2. The zero-order chi connectivity index (χ0) is 19.7. The Balaban J connectivity index is 1.97. The summed E-state index contributed by atoms with van der Waals surface area (Å²) in [6.07, 6.45) is 7.17. The molecule has 1 heterocycles. The number of hydrogen-bond donors (Lipinski definition) is 2. The maximum absolute atomic E-state index is 13.5. The van der Waals surface area contributed by atoms with Crippen LogP contribution in [0.3, 0.4) is 0 Å². The van der Waals surface area contributed by atoms with Crippen molar-refractivity contribution < 1.29 is 4.79 Å². The SMILES string of the molecule is CNC(=O)C(CC1CC1)(c1ccc(Cl)cc1)n1ccc2c(NSC)cccc21. The number of likely N-dealkylation sites (N-methyl/N-ethyl adjacent to an activating group) is 1. The van der Waals surface area contributed by atoms with Crippen molar-refractivity contribution in [2.45, 2.75) is 24.8 Å². The van der Waals surface area contributed by atoms with Gasteiger partial charge < -0.3 is 14.6 Å². The highest BCUT2D eigenvalue weighted by Crippen LogP contribution is 2.45. The lowest BCUT2D eigenvalue weighted by molar-refractivity contribution is -0.127. The average Bonchev–Trinajstić information content (AvgIpc) is 3.42. The predicted molar refractivity (Wildman–Crippen MR) is 119 cm³/mol. The van der Waals surface area contributed by atoms with Crippen LogP contribution in [0, 0.1) is 5.92 Å². The zero-order valence-corrected chi connectivity index (χ0v) is 17.6. The van der Waals surface area contributed by atoms with Crippen LogP contribution >= 0.6 is 23.5 Å². The monoisotopic (exact) mass is 413 g/mol. The second-order valence-electron chi connectivity index (χ2n) is 7.32. The number of carbonyl (C=O) groups is 1. The van der Waals surface area contributed by atoms with Crippen LogP contribution in [-0.2, 0) is 10.3 Å². The second-order valence-corrected chi connectivity index (χ2v) is 8.37. The van der Waals surface area contributed by atoms with E-state index >= 15 is 0 Å². The van der Waals surface area contributed by atoms with E-state index in [9.17, 15) is 4.79 Å². The molecule has 0 aliphatic heterocycles. The van der Waals surface area contributed by atoms with Crippen molar-refractivity contribution in [2.24, 2.45) is 5.92 Å². The van der Waals surface area contributed by atoms with Gasteiger partial charge in [-0.3, -0.25) is 4.79 Å². The number of amides is 1. The molecule has 3 aromatic rings. The van der Waals surface area contributed by atoms with Crippen molar-refractivity contribution in [2.75, 3.05) is 18.0 Å². The van der Waals surface area contributed by atoms with Gasteiger partial charge in [0.15, 0.2) is 0 Å². The molecule has 0 radical (unpaired) electrons. The molecular weight excluding hydrogens is 390 g/mol. The maximum Gasteiger partial charge on any atom is 0.250 e. The Morgan fingerprint density at radius 2 is 1.96 bits per heavy atom. The molecule has 28 heavy (non-hydrogen) atoms. The molecule has 6 heteroatoms. The number of benzene rings is 2. The molecule has 0 saturated heterocycles. The first-order chi connectivity index (χ1) is 13.6. The van der Waals surface area contributed by atoms with Gasteiger partial charge in [-0.15, -0.1) is 0 Å². The van der Waals surface area contributed by atoms with Crippen LogP contribution in [0.4, 0.5) is 5.69 Å². The fourth-order valence-electron chi connectivity index (χ4n) is 4.06. The van der Waals surface area contributed by atoms with E-state index in [1.54, 1.807) is 19.0 Å². The zero-order valence-electron chi connectivity index (χ0n) is 16.0. The minimum Gasteiger partial charge on any atom is -0.357 e. The first-order valence-electron chi connectivity index (χ1n) is 9.48. The van der Waals surface area contributed by atoms with Gasteiger partial charge in [0.2, 0.25) is 0 Å².